The number of nitrogens with zero attached hydrogens (tertiary/aromatic N) is 2. The van der Waals surface area contributed by atoms with Gasteiger partial charge in [0.15, 0.2) is 11.4 Å². The fraction of sp³-hybridized carbons (Fsp3) is 0.571. The second-order valence-corrected chi connectivity index (χ2v) is 12.8. The molecule has 0 saturated carbocycles. The second kappa shape index (κ2) is 7.32. The van der Waals surface area contributed by atoms with Crippen LogP contribution < -0.4 is 9.37 Å². The third-order valence-corrected chi connectivity index (χ3v) is 6.41. The summed E-state index contributed by atoms with van der Waals surface area (Å²) in [6.07, 6.45) is 1.28. The largest absolute Gasteiger partial charge is 0.534 e. The summed E-state index contributed by atoms with van der Waals surface area (Å²) in [4.78, 5) is 17.7. The summed E-state index contributed by atoms with van der Waals surface area (Å²) in [7, 11) is -8.25. The molecule has 0 radical (unpaired) electrons. The zero-order valence-corrected chi connectivity index (χ0v) is 16.5. The predicted molar refractivity (Wildman–Crippen MR) is 90.1 cm³/mol. The topological polar surface area (TPSA) is 76.6 Å². The Labute approximate surface area is 146 Å². The average Bonchev–Trinajstić information content (AvgIpc) is 2.45. The van der Waals surface area contributed by atoms with E-state index in [1.54, 1.807) is 33.5 Å². The van der Waals surface area contributed by atoms with E-state index < -0.39 is 41.1 Å². The minimum Gasteiger partial charge on any atom is -0.374 e. The van der Waals surface area contributed by atoms with Crippen molar-refractivity contribution < 1.29 is 30.6 Å². The molecule has 0 fully saturated rings. The molecule has 0 aliphatic heterocycles. The monoisotopic (exact) mass is 398 g/mol. The number of amides is 1. The van der Waals surface area contributed by atoms with Crippen molar-refractivity contribution in [2.75, 3.05) is 13.1 Å². The van der Waals surface area contributed by atoms with E-state index in [4.69, 9.17) is 0 Å². The van der Waals surface area contributed by atoms with Gasteiger partial charge in [0.1, 0.15) is 0 Å². The normalized spacial score (nSPS) is 12.8. The Morgan fingerprint density at radius 2 is 1.76 bits per heavy atom. The highest BCUT2D eigenvalue weighted by Gasteiger charge is 2.49. The lowest BCUT2D eigenvalue weighted by atomic mass is 10.3. The molecule has 1 aromatic rings. The number of carbonyl (C=O) groups is 1. The molecule has 6 nitrogen and oxygen atoms in total. The van der Waals surface area contributed by atoms with Gasteiger partial charge in [-0.25, -0.2) is 4.98 Å². The highest BCUT2D eigenvalue weighted by atomic mass is 32.2. The van der Waals surface area contributed by atoms with Gasteiger partial charge in [0.25, 0.3) is 5.91 Å². The third kappa shape index (κ3) is 4.72. The minimum atomic E-state index is -5.92. The summed E-state index contributed by atoms with van der Waals surface area (Å²) in [5.41, 5.74) is -6.04. The minimum absolute atomic E-state index is 0.269. The van der Waals surface area contributed by atoms with E-state index in [9.17, 15) is 26.4 Å². The van der Waals surface area contributed by atoms with Gasteiger partial charge in [-0.1, -0.05) is 19.6 Å². The number of alkyl halides is 3. The van der Waals surface area contributed by atoms with Gasteiger partial charge in [-0.05, 0) is 25.1 Å². The number of hydrogen-bond acceptors (Lipinski definition) is 5. The highest BCUT2D eigenvalue weighted by molar-refractivity contribution is 7.88. The van der Waals surface area contributed by atoms with E-state index in [-0.39, 0.29) is 5.19 Å². The Morgan fingerprint density at radius 3 is 2.16 bits per heavy atom. The first-order chi connectivity index (χ1) is 11.3. The van der Waals surface area contributed by atoms with Crippen molar-refractivity contribution in [3.63, 3.8) is 0 Å². The zero-order chi connectivity index (χ0) is 19.6. The maximum absolute atomic E-state index is 12.8. The van der Waals surface area contributed by atoms with Crippen molar-refractivity contribution in [2.45, 2.75) is 39.0 Å². The predicted octanol–water partition coefficient (Wildman–Crippen LogP) is 2.34. The van der Waals surface area contributed by atoms with E-state index in [1.807, 2.05) is 0 Å². The van der Waals surface area contributed by atoms with Crippen LogP contribution in [-0.4, -0.2) is 50.9 Å². The molecule has 0 aliphatic rings. The van der Waals surface area contributed by atoms with Gasteiger partial charge in [0.05, 0.1) is 8.07 Å². The van der Waals surface area contributed by atoms with Crippen LogP contribution >= 0.6 is 0 Å². The lowest BCUT2D eigenvalue weighted by Gasteiger charge is -2.24. The van der Waals surface area contributed by atoms with Crippen molar-refractivity contribution in [1.29, 1.82) is 0 Å². The quantitative estimate of drug-likeness (QED) is 0.418. The maximum atomic E-state index is 12.8. The molecule has 0 aliphatic carbocycles. The Kier molecular flexibility index (Phi) is 6.27. The molecule has 142 valence electrons. The number of pyridine rings is 1. The van der Waals surface area contributed by atoms with Crippen LogP contribution in [0.3, 0.4) is 0 Å². The molecule has 0 spiro atoms. The van der Waals surface area contributed by atoms with Gasteiger partial charge >= 0.3 is 15.6 Å². The van der Waals surface area contributed by atoms with Crippen molar-refractivity contribution >= 4 is 29.3 Å². The van der Waals surface area contributed by atoms with Crippen molar-refractivity contribution in [1.82, 2.24) is 9.88 Å². The summed E-state index contributed by atoms with van der Waals surface area (Å²) < 4.78 is 65.6. The van der Waals surface area contributed by atoms with E-state index in [2.05, 4.69) is 9.17 Å². The van der Waals surface area contributed by atoms with Gasteiger partial charge in [0.2, 0.25) is 0 Å². The molecular formula is C14H21F3N2O4SSi. The van der Waals surface area contributed by atoms with E-state index in [0.717, 1.165) is 0 Å². The Balaban J connectivity index is 3.63. The average molecular weight is 398 g/mol. The third-order valence-electron chi connectivity index (χ3n) is 3.44. The van der Waals surface area contributed by atoms with E-state index >= 15 is 0 Å². The Hall–Kier alpha value is -1.62. The maximum Gasteiger partial charge on any atom is 0.534 e. The lowest BCUT2D eigenvalue weighted by molar-refractivity contribution is -0.0500. The summed E-state index contributed by atoms with van der Waals surface area (Å²) in [5.74, 6) is -1.31. The highest BCUT2D eigenvalue weighted by Crippen LogP contribution is 2.29. The van der Waals surface area contributed by atoms with Crippen LogP contribution in [0.15, 0.2) is 12.3 Å². The summed E-state index contributed by atoms with van der Waals surface area (Å²) in [6.45, 7) is 9.34. The van der Waals surface area contributed by atoms with Crippen LogP contribution in [0.1, 0.15) is 24.3 Å². The Bertz CT molecular complexity index is 741. The molecule has 1 aromatic heterocycles. The SMILES string of the molecule is CCN(CC)C(=O)c1nccc([Si](C)(C)C)c1OS(=O)(=O)C(F)(F)F. The molecule has 0 bridgehead atoms. The molecule has 0 saturated heterocycles. The fourth-order valence-corrected chi connectivity index (χ4v) is 4.07. The van der Waals surface area contributed by atoms with Crippen LogP contribution in [0.25, 0.3) is 0 Å². The number of aromatic nitrogens is 1. The van der Waals surface area contributed by atoms with Gasteiger partial charge in [-0.15, -0.1) is 0 Å². The van der Waals surface area contributed by atoms with Crippen LogP contribution in [-0.2, 0) is 10.1 Å². The molecule has 0 N–H and O–H groups in total. The van der Waals surface area contributed by atoms with Gasteiger partial charge < -0.3 is 9.08 Å². The number of carbonyl (C=O) groups excluding carboxylic acids is 1. The van der Waals surface area contributed by atoms with Crippen molar-refractivity contribution in [2.24, 2.45) is 0 Å². The van der Waals surface area contributed by atoms with Gasteiger partial charge in [-0.3, -0.25) is 4.79 Å². The van der Waals surface area contributed by atoms with E-state index in [1.165, 1.54) is 17.2 Å². The van der Waals surface area contributed by atoms with Crippen LogP contribution in [0.4, 0.5) is 13.2 Å². The molecule has 0 atom stereocenters. The summed E-state index contributed by atoms with van der Waals surface area (Å²) in [5, 5.41) is 0.269. The van der Waals surface area contributed by atoms with Gasteiger partial charge in [0, 0.05) is 19.3 Å². The van der Waals surface area contributed by atoms with Crippen LogP contribution in [0.2, 0.25) is 19.6 Å². The number of hydrogen-bond donors (Lipinski definition) is 0. The standard InChI is InChI=1S/C14H21F3N2O4SSi/c1-6-19(7-2)13(20)11-12(23-24(21,22)14(15,16)17)10(8-9-18-11)25(3,4)5/h8-9H,6-7H2,1-5H3. The van der Waals surface area contributed by atoms with Crippen LogP contribution in [0, 0.1) is 0 Å². The molecule has 1 heterocycles. The van der Waals surface area contributed by atoms with Gasteiger partial charge in [-0.2, -0.15) is 21.6 Å². The molecule has 1 amide bonds. The first kappa shape index (κ1) is 21.4. The fourth-order valence-electron chi connectivity index (χ4n) is 2.09. The molecule has 0 unspecified atom stereocenters. The number of halogens is 3. The zero-order valence-electron chi connectivity index (χ0n) is 14.6. The first-order valence-electron chi connectivity index (χ1n) is 7.55. The first-order valence-corrected chi connectivity index (χ1v) is 12.5. The number of rotatable bonds is 6. The molecule has 11 heteroatoms. The molecule has 0 aromatic carbocycles. The van der Waals surface area contributed by atoms with Crippen molar-refractivity contribution in [3.05, 3.63) is 18.0 Å². The van der Waals surface area contributed by atoms with E-state index in [0.29, 0.717) is 13.1 Å². The smallest absolute Gasteiger partial charge is 0.374 e. The second-order valence-electron chi connectivity index (χ2n) is 6.25. The molecular weight excluding hydrogens is 377 g/mol. The Morgan fingerprint density at radius 1 is 1.24 bits per heavy atom. The lowest BCUT2D eigenvalue weighted by Crippen LogP contribution is -2.42. The van der Waals surface area contributed by atoms with Crippen LogP contribution in [0.5, 0.6) is 5.75 Å². The van der Waals surface area contributed by atoms with Crippen molar-refractivity contribution in [3.8, 4) is 5.75 Å². The molecule has 25 heavy (non-hydrogen) atoms. The molecule has 1 rings (SSSR count). The summed E-state index contributed by atoms with van der Waals surface area (Å²) >= 11 is 0. The summed E-state index contributed by atoms with van der Waals surface area (Å²) in [6, 6.07) is 1.40.